The molecule has 0 amide bonds. The van der Waals surface area contributed by atoms with Gasteiger partial charge in [-0.25, -0.2) is 0 Å². The van der Waals surface area contributed by atoms with Gasteiger partial charge in [0.1, 0.15) is 0 Å². The van der Waals surface area contributed by atoms with Crippen LogP contribution < -0.4 is 0 Å². The summed E-state index contributed by atoms with van der Waals surface area (Å²) in [5, 5.41) is 9.10. The van der Waals surface area contributed by atoms with E-state index in [1.54, 1.807) is 0 Å². The minimum Gasteiger partial charge on any atom is -0.300 e. The predicted molar refractivity (Wildman–Crippen MR) is 77.1 cm³/mol. The van der Waals surface area contributed by atoms with E-state index in [0.717, 1.165) is 18.9 Å². The summed E-state index contributed by atoms with van der Waals surface area (Å²) >= 11 is 0. The lowest BCUT2D eigenvalue weighted by molar-refractivity contribution is -0.000250. The van der Waals surface area contributed by atoms with Gasteiger partial charge in [0.05, 0.1) is 6.07 Å². The Morgan fingerprint density at radius 1 is 1.06 bits per heavy atom. The van der Waals surface area contributed by atoms with Gasteiger partial charge < -0.3 is 4.90 Å². The first-order valence-electron chi connectivity index (χ1n) is 7.49. The van der Waals surface area contributed by atoms with Crippen LogP contribution in [0.3, 0.4) is 0 Å². The summed E-state index contributed by atoms with van der Waals surface area (Å²) in [7, 11) is 0. The van der Waals surface area contributed by atoms with Gasteiger partial charge >= 0.3 is 0 Å². The van der Waals surface area contributed by atoms with Crippen molar-refractivity contribution in [3.8, 4) is 6.07 Å². The lowest BCUT2D eigenvalue weighted by Gasteiger charge is -2.48. The molecule has 1 fully saturated rings. The summed E-state index contributed by atoms with van der Waals surface area (Å²) in [4.78, 5) is 2.57. The lowest BCUT2D eigenvalue weighted by Crippen LogP contribution is -2.51. The van der Waals surface area contributed by atoms with E-state index in [-0.39, 0.29) is 0 Å². The molecular weight excluding hydrogens is 220 g/mol. The molecule has 3 unspecified atom stereocenters. The second kappa shape index (κ2) is 6.57. The highest BCUT2D eigenvalue weighted by atomic mass is 15.2. The zero-order valence-corrected chi connectivity index (χ0v) is 13.0. The number of nitriles is 1. The van der Waals surface area contributed by atoms with E-state index in [9.17, 15) is 0 Å². The third-order valence-electron chi connectivity index (χ3n) is 4.66. The number of hydrogen-bond acceptors (Lipinski definition) is 2. The summed E-state index contributed by atoms with van der Waals surface area (Å²) in [5.74, 6) is 3.39. The Morgan fingerprint density at radius 3 is 2.06 bits per heavy atom. The molecule has 3 atom stereocenters. The Kier molecular flexibility index (Phi) is 5.66. The average molecular weight is 250 g/mol. The zero-order chi connectivity index (χ0) is 13.9. The molecule has 0 aliphatic carbocycles. The molecule has 1 aliphatic heterocycles. The lowest BCUT2D eigenvalue weighted by atomic mass is 9.67. The molecule has 0 radical (unpaired) electrons. The van der Waals surface area contributed by atoms with Gasteiger partial charge in [0.25, 0.3) is 0 Å². The molecule has 1 rings (SSSR count). The number of rotatable bonds is 4. The fourth-order valence-electron chi connectivity index (χ4n) is 3.67. The number of nitrogens with zero attached hydrogens (tertiary/aromatic N) is 2. The fourth-order valence-corrected chi connectivity index (χ4v) is 3.67. The number of piperidine rings is 1. The van der Waals surface area contributed by atoms with Crippen LogP contribution in [0.4, 0.5) is 0 Å². The van der Waals surface area contributed by atoms with Gasteiger partial charge in [-0.2, -0.15) is 5.26 Å². The minimum atomic E-state index is 0.554. The molecule has 0 N–H and O–H groups in total. The van der Waals surface area contributed by atoms with Crippen LogP contribution >= 0.6 is 0 Å². The van der Waals surface area contributed by atoms with Gasteiger partial charge in [-0.3, -0.25) is 0 Å². The highest BCUT2D eigenvalue weighted by Crippen LogP contribution is 2.40. The average Bonchev–Trinajstić information content (AvgIpc) is 2.27. The number of hydrogen-bond donors (Lipinski definition) is 0. The van der Waals surface area contributed by atoms with Crippen molar-refractivity contribution in [1.82, 2.24) is 4.90 Å². The van der Waals surface area contributed by atoms with Crippen LogP contribution in [0.25, 0.3) is 0 Å². The van der Waals surface area contributed by atoms with Gasteiger partial charge in [-0.15, -0.1) is 0 Å². The zero-order valence-electron chi connectivity index (χ0n) is 13.0. The first kappa shape index (κ1) is 15.5. The highest BCUT2D eigenvalue weighted by molar-refractivity contribution is 4.93. The fraction of sp³-hybridized carbons (Fsp3) is 0.938. The molecule has 0 bridgehead atoms. The Bertz CT molecular complexity index is 288. The summed E-state index contributed by atoms with van der Waals surface area (Å²) in [5.41, 5.74) is 0. The van der Waals surface area contributed by atoms with Crippen LogP contribution in [0.1, 0.15) is 48.0 Å². The maximum atomic E-state index is 9.10. The van der Waals surface area contributed by atoms with Crippen molar-refractivity contribution < 1.29 is 0 Å². The Balaban J connectivity index is 2.93. The van der Waals surface area contributed by atoms with E-state index < -0.39 is 0 Å². The van der Waals surface area contributed by atoms with E-state index in [2.05, 4.69) is 52.5 Å². The molecule has 2 nitrogen and oxygen atoms in total. The minimum absolute atomic E-state index is 0.554. The van der Waals surface area contributed by atoms with E-state index in [1.165, 1.54) is 6.54 Å². The van der Waals surface area contributed by atoms with Crippen molar-refractivity contribution in [1.29, 1.82) is 5.26 Å². The third kappa shape index (κ3) is 3.48. The molecule has 0 aromatic rings. The SMILES string of the molecule is CC(C)C1CN(C(C)C)CC(CC#N)C1C(C)C. The molecular formula is C16H30N2. The largest absolute Gasteiger partial charge is 0.300 e. The monoisotopic (exact) mass is 250 g/mol. The van der Waals surface area contributed by atoms with Crippen LogP contribution in [0.15, 0.2) is 0 Å². The van der Waals surface area contributed by atoms with Crippen LogP contribution in [-0.2, 0) is 0 Å². The topological polar surface area (TPSA) is 27.0 Å². The van der Waals surface area contributed by atoms with Crippen LogP contribution in [-0.4, -0.2) is 24.0 Å². The first-order valence-corrected chi connectivity index (χ1v) is 7.49. The second-order valence-electron chi connectivity index (χ2n) is 6.90. The number of likely N-dealkylation sites (tertiary alicyclic amines) is 1. The van der Waals surface area contributed by atoms with E-state index in [1.807, 2.05) is 0 Å². The van der Waals surface area contributed by atoms with Crippen LogP contribution in [0, 0.1) is 40.9 Å². The van der Waals surface area contributed by atoms with Crippen molar-refractivity contribution in [2.24, 2.45) is 29.6 Å². The molecule has 2 heteroatoms. The van der Waals surface area contributed by atoms with Crippen molar-refractivity contribution in [3.63, 3.8) is 0 Å². The van der Waals surface area contributed by atoms with Crippen molar-refractivity contribution in [2.75, 3.05) is 13.1 Å². The van der Waals surface area contributed by atoms with E-state index in [0.29, 0.717) is 29.7 Å². The standard InChI is InChI=1S/C16H30N2/c1-11(2)15-10-18(13(5)6)9-14(7-8-17)16(15)12(3)4/h11-16H,7,9-10H2,1-6H3. The van der Waals surface area contributed by atoms with E-state index >= 15 is 0 Å². The van der Waals surface area contributed by atoms with Crippen LogP contribution in [0.5, 0.6) is 0 Å². The first-order chi connectivity index (χ1) is 8.38. The quantitative estimate of drug-likeness (QED) is 0.759. The molecule has 0 saturated carbocycles. The maximum Gasteiger partial charge on any atom is 0.0625 e. The van der Waals surface area contributed by atoms with Crippen molar-refractivity contribution in [3.05, 3.63) is 0 Å². The van der Waals surface area contributed by atoms with Gasteiger partial charge in [0.2, 0.25) is 0 Å². The van der Waals surface area contributed by atoms with Crippen molar-refractivity contribution >= 4 is 0 Å². The Hall–Kier alpha value is -0.550. The second-order valence-corrected chi connectivity index (χ2v) is 6.90. The third-order valence-corrected chi connectivity index (χ3v) is 4.66. The Labute approximate surface area is 113 Å². The molecule has 1 aliphatic rings. The van der Waals surface area contributed by atoms with Gasteiger partial charge in [-0.1, -0.05) is 27.7 Å². The normalized spacial score (nSPS) is 30.1. The molecule has 1 saturated heterocycles. The molecule has 0 aromatic carbocycles. The predicted octanol–water partition coefficient (Wildman–Crippen LogP) is 3.78. The Morgan fingerprint density at radius 2 is 1.67 bits per heavy atom. The molecule has 1 heterocycles. The smallest absolute Gasteiger partial charge is 0.0625 e. The summed E-state index contributed by atoms with van der Waals surface area (Å²) in [6, 6.07) is 3.01. The van der Waals surface area contributed by atoms with Gasteiger partial charge in [0.15, 0.2) is 0 Å². The molecule has 0 spiro atoms. The molecule has 18 heavy (non-hydrogen) atoms. The molecule has 104 valence electrons. The van der Waals surface area contributed by atoms with Gasteiger partial charge in [-0.05, 0) is 43.4 Å². The summed E-state index contributed by atoms with van der Waals surface area (Å²) in [6.45, 7) is 16.2. The van der Waals surface area contributed by atoms with Crippen LogP contribution in [0.2, 0.25) is 0 Å². The van der Waals surface area contributed by atoms with E-state index in [4.69, 9.17) is 5.26 Å². The summed E-state index contributed by atoms with van der Waals surface area (Å²) in [6.07, 6.45) is 0.718. The maximum absolute atomic E-state index is 9.10. The molecule has 0 aromatic heterocycles. The van der Waals surface area contributed by atoms with Crippen molar-refractivity contribution in [2.45, 2.75) is 54.0 Å². The highest BCUT2D eigenvalue weighted by Gasteiger charge is 2.39. The van der Waals surface area contributed by atoms with Gasteiger partial charge in [0, 0.05) is 25.6 Å². The summed E-state index contributed by atoms with van der Waals surface area (Å²) < 4.78 is 0.